The Morgan fingerprint density at radius 1 is 1.11 bits per heavy atom. The highest BCUT2D eigenvalue weighted by Gasteiger charge is 2.11. The first-order valence-corrected chi connectivity index (χ1v) is 9.44. The lowest BCUT2D eigenvalue weighted by Gasteiger charge is -2.26. The summed E-state index contributed by atoms with van der Waals surface area (Å²) < 4.78 is 10.7. The number of nitrogens with zero attached hydrogens (tertiary/aromatic N) is 3. The number of methoxy groups -OCH3 is 1. The molecule has 0 bridgehead atoms. The van der Waals surface area contributed by atoms with E-state index in [4.69, 9.17) is 14.5 Å². The van der Waals surface area contributed by atoms with Crippen LogP contribution >= 0.6 is 0 Å². The minimum Gasteiger partial charge on any atom is -0.481 e. The zero-order valence-corrected chi connectivity index (χ0v) is 15.9. The minimum atomic E-state index is 0.602. The van der Waals surface area contributed by atoms with Crippen LogP contribution in [0.15, 0.2) is 42.6 Å². The standard InChI is InChI=1S/C22H25N3O2/c1-16-13-21(18-5-7-23-22(15-18)26-2)24-20-4-3-17(14-19(16)20)6-8-25-9-11-27-12-10-25/h3-5,7,13-15H,6,8-12H2,1-2H3. The van der Waals surface area contributed by atoms with Gasteiger partial charge in [0.25, 0.3) is 0 Å². The number of ether oxygens (including phenoxy) is 2. The predicted molar refractivity (Wildman–Crippen MR) is 107 cm³/mol. The van der Waals surface area contributed by atoms with Crippen molar-refractivity contribution in [2.75, 3.05) is 40.0 Å². The summed E-state index contributed by atoms with van der Waals surface area (Å²) in [5, 5.41) is 1.22. The van der Waals surface area contributed by atoms with Crippen molar-refractivity contribution in [3.05, 3.63) is 53.7 Å². The van der Waals surface area contributed by atoms with Gasteiger partial charge in [0.1, 0.15) is 0 Å². The average molecular weight is 363 g/mol. The van der Waals surface area contributed by atoms with Crippen LogP contribution in [-0.2, 0) is 11.2 Å². The molecule has 1 aliphatic heterocycles. The number of rotatable bonds is 5. The third-order valence-electron chi connectivity index (χ3n) is 5.14. The number of morpholine rings is 1. The van der Waals surface area contributed by atoms with Crippen molar-refractivity contribution in [2.45, 2.75) is 13.3 Å². The fourth-order valence-electron chi connectivity index (χ4n) is 3.54. The van der Waals surface area contributed by atoms with E-state index in [-0.39, 0.29) is 0 Å². The van der Waals surface area contributed by atoms with E-state index >= 15 is 0 Å². The number of aryl methyl sites for hydroxylation is 1. The zero-order valence-electron chi connectivity index (χ0n) is 15.9. The molecule has 0 atom stereocenters. The van der Waals surface area contributed by atoms with Crippen molar-refractivity contribution in [1.29, 1.82) is 0 Å². The number of hydrogen-bond donors (Lipinski definition) is 0. The van der Waals surface area contributed by atoms with Gasteiger partial charge in [0.15, 0.2) is 0 Å². The maximum atomic E-state index is 5.43. The molecule has 4 rings (SSSR count). The molecule has 1 aliphatic rings. The van der Waals surface area contributed by atoms with Crippen molar-refractivity contribution < 1.29 is 9.47 Å². The monoisotopic (exact) mass is 363 g/mol. The third kappa shape index (κ3) is 4.10. The summed E-state index contributed by atoms with van der Waals surface area (Å²) in [6.45, 7) is 7.00. The highest BCUT2D eigenvalue weighted by Crippen LogP contribution is 2.26. The molecule has 0 N–H and O–H groups in total. The van der Waals surface area contributed by atoms with Crippen LogP contribution < -0.4 is 4.74 Å². The van der Waals surface area contributed by atoms with Gasteiger partial charge in [0, 0.05) is 42.8 Å². The molecule has 1 saturated heterocycles. The normalized spacial score (nSPS) is 15.2. The maximum absolute atomic E-state index is 5.43. The van der Waals surface area contributed by atoms with E-state index in [0.717, 1.165) is 56.0 Å². The zero-order chi connectivity index (χ0) is 18.6. The summed E-state index contributed by atoms with van der Waals surface area (Å²) in [5.74, 6) is 0.602. The lowest BCUT2D eigenvalue weighted by molar-refractivity contribution is 0.0384. The third-order valence-corrected chi connectivity index (χ3v) is 5.14. The second kappa shape index (κ2) is 8.03. The van der Waals surface area contributed by atoms with Gasteiger partial charge in [-0.05, 0) is 48.7 Å². The van der Waals surface area contributed by atoms with Crippen molar-refractivity contribution in [2.24, 2.45) is 0 Å². The first-order chi connectivity index (χ1) is 13.2. The lowest BCUT2D eigenvalue weighted by Crippen LogP contribution is -2.37. The van der Waals surface area contributed by atoms with Gasteiger partial charge in [-0.15, -0.1) is 0 Å². The van der Waals surface area contributed by atoms with Gasteiger partial charge in [-0.2, -0.15) is 0 Å². The smallest absolute Gasteiger partial charge is 0.213 e. The number of pyridine rings is 2. The van der Waals surface area contributed by atoms with Gasteiger partial charge in [-0.25, -0.2) is 9.97 Å². The molecule has 0 aliphatic carbocycles. The molecule has 5 nitrogen and oxygen atoms in total. The summed E-state index contributed by atoms with van der Waals surface area (Å²) in [7, 11) is 1.63. The van der Waals surface area contributed by atoms with Crippen LogP contribution in [-0.4, -0.2) is 54.8 Å². The molecule has 0 spiro atoms. The molecule has 0 radical (unpaired) electrons. The Hall–Kier alpha value is -2.50. The largest absolute Gasteiger partial charge is 0.481 e. The fraction of sp³-hybridized carbons (Fsp3) is 0.364. The SMILES string of the molecule is COc1cc(-c2cc(C)c3cc(CCN4CCOCC4)ccc3n2)ccn1. The Morgan fingerprint density at radius 2 is 1.96 bits per heavy atom. The molecule has 0 unspecified atom stereocenters. The first-order valence-electron chi connectivity index (χ1n) is 9.44. The van der Waals surface area contributed by atoms with E-state index in [0.29, 0.717) is 5.88 Å². The summed E-state index contributed by atoms with van der Waals surface area (Å²) >= 11 is 0. The Balaban J connectivity index is 1.58. The van der Waals surface area contributed by atoms with Gasteiger partial charge in [0.05, 0.1) is 31.5 Å². The van der Waals surface area contributed by atoms with Crippen LogP contribution in [0.1, 0.15) is 11.1 Å². The van der Waals surface area contributed by atoms with Crippen molar-refractivity contribution in [3.8, 4) is 17.1 Å². The van der Waals surface area contributed by atoms with Crippen molar-refractivity contribution in [3.63, 3.8) is 0 Å². The van der Waals surface area contributed by atoms with E-state index in [2.05, 4.69) is 41.1 Å². The van der Waals surface area contributed by atoms with E-state index in [1.54, 1.807) is 13.3 Å². The van der Waals surface area contributed by atoms with Crippen LogP contribution in [0.25, 0.3) is 22.2 Å². The highest BCUT2D eigenvalue weighted by molar-refractivity contribution is 5.85. The maximum Gasteiger partial charge on any atom is 0.213 e. The predicted octanol–water partition coefficient (Wildman–Crippen LogP) is 3.49. The van der Waals surface area contributed by atoms with Gasteiger partial charge >= 0.3 is 0 Å². The number of hydrogen-bond acceptors (Lipinski definition) is 5. The fourth-order valence-corrected chi connectivity index (χ4v) is 3.54. The van der Waals surface area contributed by atoms with E-state index in [1.807, 2.05) is 12.1 Å². The van der Waals surface area contributed by atoms with Crippen LogP contribution in [0.5, 0.6) is 5.88 Å². The second-order valence-electron chi connectivity index (χ2n) is 6.97. The number of aromatic nitrogens is 2. The van der Waals surface area contributed by atoms with E-state index in [9.17, 15) is 0 Å². The number of fused-ring (bicyclic) bond motifs is 1. The van der Waals surface area contributed by atoms with Gasteiger partial charge in [0.2, 0.25) is 5.88 Å². The van der Waals surface area contributed by atoms with Crippen LogP contribution in [0.4, 0.5) is 0 Å². The lowest BCUT2D eigenvalue weighted by atomic mass is 10.0. The van der Waals surface area contributed by atoms with Crippen molar-refractivity contribution in [1.82, 2.24) is 14.9 Å². The molecule has 27 heavy (non-hydrogen) atoms. The van der Waals surface area contributed by atoms with Crippen molar-refractivity contribution >= 4 is 10.9 Å². The molecule has 1 fully saturated rings. The quantitative estimate of drug-likeness (QED) is 0.694. The second-order valence-corrected chi connectivity index (χ2v) is 6.97. The molecule has 3 aromatic rings. The van der Waals surface area contributed by atoms with Gasteiger partial charge in [-0.1, -0.05) is 6.07 Å². The summed E-state index contributed by atoms with van der Waals surface area (Å²) in [6.07, 6.45) is 2.81. The van der Waals surface area contributed by atoms with Gasteiger partial charge in [-0.3, -0.25) is 4.90 Å². The molecule has 140 valence electrons. The Bertz CT molecular complexity index is 936. The van der Waals surface area contributed by atoms with E-state index in [1.165, 1.54) is 16.5 Å². The molecule has 0 saturated carbocycles. The topological polar surface area (TPSA) is 47.5 Å². The van der Waals surface area contributed by atoms with Crippen LogP contribution in [0, 0.1) is 6.92 Å². The Kier molecular flexibility index (Phi) is 5.32. The first kappa shape index (κ1) is 17.9. The van der Waals surface area contributed by atoms with Crippen LogP contribution in [0.3, 0.4) is 0 Å². The molecule has 5 heteroatoms. The molecule has 0 amide bonds. The summed E-state index contributed by atoms with van der Waals surface area (Å²) in [5.41, 5.74) is 5.58. The van der Waals surface area contributed by atoms with E-state index < -0.39 is 0 Å². The molecular weight excluding hydrogens is 338 g/mol. The molecule has 2 aromatic heterocycles. The summed E-state index contributed by atoms with van der Waals surface area (Å²) in [4.78, 5) is 11.5. The average Bonchev–Trinajstić information content (AvgIpc) is 2.73. The Morgan fingerprint density at radius 3 is 2.78 bits per heavy atom. The highest BCUT2D eigenvalue weighted by atomic mass is 16.5. The molecule has 1 aromatic carbocycles. The molecule has 3 heterocycles. The van der Waals surface area contributed by atoms with Gasteiger partial charge < -0.3 is 9.47 Å². The Labute approximate surface area is 160 Å². The van der Waals surface area contributed by atoms with Crippen LogP contribution in [0.2, 0.25) is 0 Å². The minimum absolute atomic E-state index is 0.602. The molecular formula is C22H25N3O2. The number of benzene rings is 1. The summed E-state index contributed by atoms with van der Waals surface area (Å²) in [6, 6.07) is 12.7.